The number of hydrogen-bond donors (Lipinski definition) is 2. The largest absolute Gasteiger partial charge is 0.398 e. The molecule has 20 heavy (non-hydrogen) atoms. The fraction of sp³-hybridized carbons (Fsp3) is 0.188. The zero-order valence-electron chi connectivity index (χ0n) is 11.6. The summed E-state index contributed by atoms with van der Waals surface area (Å²) in [5.41, 5.74) is 10.5. The molecule has 0 bridgehead atoms. The van der Waals surface area contributed by atoms with E-state index in [1.54, 1.807) is 4.57 Å². The standard InChI is InChI=1S/C16H17N3O/c1-10-6-12(9-18-10)8-16(20)19-11(2)7-13-14(17)4-3-5-15(13)19/h3-7,9,18H,8,17H2,1-2H3. The van der Waals surface area contributed by atoms with E-state index >= 15 is 0 Å². The first-order chi connectivity index (χ1) is 9.56. The Morgan fingerprint density at radius 2 is 2.10 bits per heavy atom. The second-order valence-electron chi connectivity index (χ2n) is 5.16. The predicted molar refractivity (Wildman–Crippen MR) is 80.9 cm³/mol. The number of aromatic nitrogens is 2. The molecule has 0 saturated carbocycles. The first kappa shape index (κ1) is 12.5. The molecule has 0 atom stereocenters. The van der Waals surface area contributed by atoms with E-state index in [0.29, 0.717) is 12.1 Å². The van der Waals surface area contributed by atoms with Crippen molar-refractivity contribution in [1.29, 1.82) is 0 Å². The third-order valence-corrected chi connectivity index (χ3v) is 3.56. The van der Waals surface area contributed by atoms with E-state index in [4.69, 9.17) is 5.73 Å². The topological polar surface area (TPSA) is 63.8 Å². The highest BCUT2D eigenvalue weighted by Crippen LogP contribution is 2.25. The van der Waals surface area contributed by atoms with Gasteiger partial charge in [-0.1, -0.05) is 6.07 Å². The second-order valence-corrected chi connectivity index (χ2v) is 5.16. The Labute approximate surface area is 117 Å². The van der Waals surface area contributed by atoms with Crippen LogP contribution in [0.4, 0.5) is 5.69 Å². The molecule has 4 heteroatoms. The molecule has 2 heterocycles. The minimum Gasteiger partial charge on any atom is -0.398 e. The van der Waals surface area contributed by atoms with E-state index in [0.717, 1.165) is 27.9 Å². The molecule has 3 N–H and O–H groups in total. The number of H-pyrrole nitrogens is 1. The van der Waals surface area contributed by atoms with Crippen LogP contribution in [0.15, 0.2) is 36.5 Å². The number of nitrogen functional groups attached to an aromatic ring is 1. The van der Waals surface area contributed by atoms with Gasteiger partial charge in [0.1, 0.15) is 0 Å². The van der Waals surface area contributed by atoms with E-state index in [2.05, 4.69) is 4.98 Å². The zero-order valence-corrected chi connectivity index (χ0v) is 11.6. The summed E-state index contributed by atoms with van der Waals surface area (Å²) in [6, 6.07) is 9.62. The Morgan fingerprint density at radius 1 is 1.30 bits per heavy atom. The summed E-state index contributed by atoms with van der Waals surface area (Å²) in [6.07, 6.45) is 2.26. The predicted octanol–water partition coefficient (Wildman–Crippen LogP) is 3.05. The summed E-state index contributed by atoms with van der Waals surface area (Å²) in [6.45, 7) is 3.91. The van der Waals surface area contributed by atoms with E-state index in [1.807, 2.05) is 50.4 Å². The maximum absolute atomic E-state index is 12.5. The number of nitrogens with zero attached hydrogens (tertiary/aromatic N) is 1. The SMILES string of the molecule is Cc1cc(CC(=O)n2c(C)cc3c(N)cccc32)c[nH]1. The molecular weight excluding hydrogens is 250 g/mol. The maximum Gasteiger partial charge on any atom is 0.235 e. The average Bonchev–Trinajstić information content (AvgIpc) is 2.93. The molecule has 0 radical (unpaired) electrons. The van der Waals surface area contributed by atoms with Crippen molar-refractivity contribution in [3.05, 3.63) is 53.5 Å². The number of anilines is 1. The Kier molecular flexibility index (Phi) is 2.86. The van der Waals surface area contributed by atoms with Crippen LogP contribution < -0.4 is 5.73 Å². The van der Waals surface area contributed by atoms with Crippen molar-refractivity contribution in [2.24, 2.45) is 0 Å². The van der Waals surface area contributed by atoms with Gasteiger partial charge in [-0.25, -0.2) is 0 Å². The highest BCUT2D eigenvalue weighted by atomic mass is 16.2. The van der Waals surface area contributed by atoms with Crippen LogP contribution in [0.1, 0.15) is 21.7 Å². The molecule has 0 aliphatic heterocycles. The molecule has 102 valence electrons. The van der Waals surface area contributed by atoms with Crippen molar-refractivity contribution in [2.75, 3.05) is 5.73 Å². The van der Waals surface area contributed by atoms with Crippen LogP contribution in [0.25, 0.3) is 10.9 Å². The zero-order chi connectivity index (χ0) is 14.3. The van der Waals surface area contributed by atoms with Crippen molar-refractivity contribution in [1.82, 2.24) is 9.55 Å². The third kappa shape index (κ3) is 1.99. The van der Waals surface area contributed by atoms with Crippen LogP contribution in [0.2, 0.25) is 0 Å². The lowest BCUT2D eigenvalue weighted by Gasteiger charge is -2.06. The smallest absolute Gasteiger partial charge is 0.235 e. The van der Waals surface area contributed by atoms with Gasteiger partial charge in [0.05, 0.1) is 11.9 Å². The van der Waals surface area contributed by atoms with Crippen LogP contribution in [0, 0.1) is 13.8 Å². The van der Waals surface area contributed by atoms with Crippen LogP contribution in [0.5, 0.6) is 0 Å². The third-order valence-electron chi connectivity index (χ3n) is 3.56. The maximum atomic E-state index is 12.5. The molecule has 0 aliphatic rings. The van der Waals surface area contributed by atoms with E-state index in [-0.39, 0.29) is 5.91 Å². The van der Waals surface area contributed by atoms with Crippen molar-refractivity contribution < 1.29 is 4.79 Å². The number of hydrogen-bond acceptors (Lipinski definition) is 2. The number of aromatic amines is 1. The second kappa shape index (κ2) is 4.56. The molecule has 3 rings (SSSR count). The Morgan fingerprint density at radius 3 is 2.80 bits per heavy atom. The molecule has 0 spiro atoms. The number of carbonyl (C=O) groups excluding carboxylic acids is 1. The first-order valence-electron chi connectivity index (χ1n) is 6.60. The van der Waals surface area contributed by atoms with Crippen molar-refractivity contribution in [3.8, 4) is 0 Å². The van der Waals surface area contributed by atoms with Crippen molar-refractivity contribution in [2.45, 2.75) is 20.3 Å². The Balaban J connectivity index is 2.03. The minimum absolute atomic E-state index is 0.0575. The fourth-order valence-electron chi connectivity index (χ4n) is 2.64. The molecule has 4 nitrogen and oxygen atoms in total. The van der Waals surface area contributed by atoms with Gasteiger partial charge in [0.2, 0.25) is 5.91 Å². The van der Waals surface area contributed by atoms with Gasteiger partial charge < -0.3 is 10.7 Å². The molecule has 2 aromatic heterocycles. The number of nitrogens with one attached hydrogen (secondary N) is 1. The summed E-state index contributed by atoms with van der Waals surface area (Å²) in [5.74, 6) is 0.0575. The number of aryl methyl sites for hydroxylation is 2. The molecule has 1 aromatic carbocycles. The Hall–Kier alpha value is -2.49. The highest BCUT2D eigenvalue weighted by molar-refractivity contribution is 5.99. The van der Waals surface area contributed by atoms with E-state index < -0.39 is 0 Å². The van der Waals surface area contributed by atoms with Crippen molar-refractivity contribution >= 4 is 22.5 Å². The molecule has 0 saturated heterocycles. The summed E-state index contributed by atoms with van der Waals surface area (Å²) >= 11 is 0. The number of rotatable bonds is 2. The number of benzene rings is 1. The minimum atomic E-state index is 0.0575. The lowest BCUT2D eigenvalue weighted by molar-refractivity contribution is 0.0917. The molecule has 0 unspecified atom stereocenters. The summed E-state index contributed by atoms with van der Waals surface area (Å²) in [5, 5.41) is 0.934. The molecule has 0 amide bonds. The van der Waals surface area contributed by atoms with Gasteiger partial charge >= 0.3 is 0 Å². The van der Waals surface area contributed by atoms with Gasteiger partial charge in [0, 0.05) is 28.7 Å². The lowest BCUT2D eigenvalue weighted by atomic mass is 10.2. The van der Waals surface area contributed by atoms with Crippen LogP contribution >= 0.6 is 0 Å². The summed E-state index contributed by atoms with van der Waals surface area (Å²) < 4.78 is 1.74. The summed E-state index contributed by atoms with van der Waals surface area (Å²) in [7, 11) is 0. The van der Waals surface area contributed by atoms with Crippen molar-refractivity contribution in [3.63, 3.8) is 0 Å². The average molecular weight is 267 g/mol. The van der Waals surface area contributed by atoms with E-state index in [9.17, 15) is 4.79 Å². The Bertz CT molecular complexity index is 795. The van der Waals surface area contributed by atoms with Gasteiger partial charge in [-0.2, -0.15) is 0 Å². The number of nitrogens with two attached hydrogens (primary N) is 1. The van der Waals surface area contributed by atoms with Gasteiger partial charge in [-0.15, -0.1) is 0 Å². The first-order valence-corrected chi connectivity index (χ1v) is 6.60. The fourth-order valence-corrected chi connectivity index (χ4v) is 2.64. The normalized spacial score (nSPS) is 11.1. The molecular formula is C16H17N3O. The van der Waals surface area contributed by atoms with Gasteiger partial charge in [-0.3, -0.25) is 9.36 Å². The van der Waals surface area contributed by atoms with Gasteiger partial charge in [0.15, 0.2) is 0 Å². The summed E-state index contributed by atoms with van der Waals surface area (Å²) in [4.78, 5) is 15.6. The number of fused-ring (bicyclic) bond motifs is 1. The quantitative estimate of drug-likeness (QED) is 0.701. The van der Waals surface area contributed by atoms with Gasteiger partial charge in [-0.05, 0) is 43.7 Å². The molecule has 0 fully saturated rings. The highest BCUT2D eigenvalue weighted by Gasteiger charge is 2.14. The number of carbonyl (C=O) groups is 1. The van der Waals surface area contributed by atoms with Crippen LogP contribution in [0.3, 0.4) is 0 Å². The van der Waals surface area contributed by atoms with Crippen LogP contribution in [-0.4, -0.2) is 15.5 Å². The lowest BCUT2D eigenvalue weighted by Crippen LogP contribution is -2.14. The van der Waals surface area contributed by atoms with Crippen LogP contribution in [-0.2, 0) is 6.42 Å². The monoisotopic (exact) mass is 267 g/mol. The molecule has 0 aliphatic carbocycles. The molecule has 3 aromatic rings. The van der Waals surface area contributed by atoms with Gasteiger partial charge in [0.25, 0.3) is 0 Å². The van der Waals surface area contributed by atoms with E-state index in [1.165, 1.54) is 0 Å².